The molecule has 20 heavy (non-hydrogen) atoms. The largest absolute Gasteiger partial charge is 0.313 e. The second-order valence-corrected chi connectivity index (χ2v) is 6.25. The van der Waals surface area contributed by atoms with Crippen molar-refractivity contribution in [2.24, 2.45) is 0 Å². The van der Waals surface area contributed by atoms with Crippen molar-refractivity contribution in [3.63, 3.8) is 0 Å². The van der Waals surface area contributed by atoms with Crippen LogP contribution in [0, 0.1) is 6.92 Å². The summed E-state index contributed by atoms with van der Waals surface area (Å²) in [5.74, 6) is 0.977. The molecule has 0 fully saturated rings. The van der Waals surface area contributed by atoms with Crippen LogP contribution in [0.15, 0.2) is 47.4 Å². The monoisotopic (exact) mass is 305 g/mol. The third-order valence-corrected chi connectivity index (χ3v) is 4.62. The Morgan fingerprint density at radius 3 is 2.40 bits per heavy atom. The van der Waals surface area contributed by atoms with Gasteiger partial charge in [-0.25, -0.2) is 0 Å². The number of benzene rings is 2. The lowest BCUT2D eigenvalue weighted by atomic mass is 10.1. The minimum atomic E-state index is 0.794. The number of aryl methyl sites for hydroxylation is 1. The van der Waals surface area contributed by atoms with Crippen LogP contribution in [0.5, 0.6) is 0 Å². The first-order valence-corrected chi connectivity index (χ1v) is 8.23. The molecule has 1 nitrogen and oxygen atoms in total. The fraction of sp³-hybridized carbons (Fsp3) is 0.294. The average Bonchev–Trinajstić information content (AvgIpc) is 2.46. The topological polar surface area (TPSA) is 12.0 Å². The Bertz CT molecular complexity index is 551. The Labute approximate surface area is 130 Å². The summed E-state index contributed by atoms with van der Waals surface area (Å²) < 4.78 is 0. The van der Waals surface area contributed by atoms with Gasteiger partial charge in [0.25, 0.3) is 0 Å². The molecule has 0 bridgehead atoms. The minimum absolute atomic E-state index is 0.794. The lowest BCUT2D eigenvalue weighted by molar-refractivity contribution is 0.726. The summed E-state index contributed by atoms with van der Waals surface area (Å²) in [6, 6.07) is 14.8. The molecule has 106 valence electrons. The lowest BCUT2D eigenvalue weighted by Crippen LogP contribution is -2.11. The van der Waals surface area contributed by atoms with Crippen LogP contribution in [-0.4, -0.2) is 6.54 Å². The standard InChI is InChI=1S/C17H20ClNS/c1-3-19-11-15-6-9-17(13(2)10-15)20-12-14-4-7-16(18)8-5-14/h4-10,19H,3,11-12H2,1-2H3. The SMILES string of the molecule is CCNCc1ccc(SCc2ccc(Cl)cc2)c(C)c1. The van der Waals surface area contributed by atoms with Crippen LogP contribution >= 0.6 is 23.4 Å². The van der Waals surface area contributed by atoms with Crippen molar-refractivity contribution in [3.8, 4) is 0 Å². The van der Waals surface area contributed by atoms with Gasteiger partial charge in [0.1, 0.15) is 0 Å². The van der Waals surface area contributed by atoms with Gasteiger partial charge in [0.05, 0.1) is 0 Å². The van der Waals surface area contributed by atoms with E-state index in [0.29, 0.717) is 0 Å². The Hall–Kier alpha value is -0.960. The van der Waals surface area contributed by atoms with Gasteiger partial charge in [-0.05, 0) is 48.4 Å². The highest BCUT2D eigenvalue weighted by molar-refractivity contribution is 7.98. The quantitative estimate of drug-likeness (QED) is 0.749. The van der Waals surface area contributed by atoms with Crippen LogP contribution in [0.3, 0.4) is 0 Å². The second kappa shape index (κ2) is 7.72. The van der Waals surface area contributed by atoms with Crippen LogP contribution in [0.2, 0.25) is 5.02 Å². The molecule has 2 aromatic carbocycles. The van der Waals surface area contributed by atoms with Crippen molar-refractivity contribution in [3.05, 3.63) is 64.2 Å². The van der Waals surface area contributed by atoms with E-state index in [9.17, 15) is 0 Å². The molecule has 0 aliphatic rings. The van der Waals surface area contributed by atoms with Crippen LogP contribution in [-0.2, 0) is 12.3 Å². The summed E-state index contributed by atoms with van der Waals surface area (Å²) in [6.07, 6.45) is 0. The first-order valence-electron chi connectivity index (χ1n) is 6.86. The van der Waals surface area contributed by atoms with Crippen molar-refractivity contribution in [1.82, 2.24) is 5.32 Å². The van der Waals surface area contributed by atoms with E-state index in [2.05, 4.69) is 49.5 Å². The van der Waals surface area contributed by atoms with Gasteiger partial charge in [-0.1, -0.05) is 42.8 Å². The van der Waals surface area contributed by atoms with Gasteiger partial charge in [0.2, 0.25) is 0 Å². The van der Waals surface area contributed by atoms with Crippen molar-refractivity contribution in [2.45, 2.75) is 31.0 Å². The summed E-state index contributed by atoms with van der Waals surface area (Å²) >= 11 is 7.78. The highest BCUT2D eigenvalue weighted by atomic mass is 35.5. The van der Waals surface area contributed by atoms with E-state index < -0.39 is 0 Å². The van der Waals surface area contributed by atoms with E-state index in [1.807, 2.05) is 23.9 Å². The molecule has 0 heterocycles. The predicted molar refractivity (Wildman–Crippen MR) is 89.6 cm³/mol. The zero-order chi connectivity index (χ0) is 14.4. The Morgan fingerprint density at radius 2 is 1.75 bits per heavy atom. The zero-order valence-corrected chi connectivity index (χ0v) is 13.5. The number of thioether (sulfide) groups is 1. The highest BCUT2D eigenvalue weighted by Gasteiger charge is 2.02. The van der Waals surface area contributed by atoms with Gasteiger partial charge in [-0.15, -0.1) is 11.8 Å². The maximum Gasteiger partial charge on any atom is 0.0406 e. The van der Waals surface area contributed by atoms with Gasteiger partial charge in [-0.3, -0.25) is 0 Å². The predicted octanol–water partition coefficient (Wildman–Crippen LogP) is 5.05. The second-order valence-electron chi connectivity index (χ2n) is 4.80. The number of halogens is 1. The van der Waals surface area contributed by atoms with Crippen LogP contribution in [0.4, 0.5) is 0 Å². The van der Waals surface area contributed by atoms with Gasteiger partial charge < -0.3 is 5.32 Å². The van der Waals surface area contributed by atoms with E-state index in [1.54, 1.807) is 0 Å². The van der Waals surface area contributed by atoms with Crippen LogP contribution < -0.4 is 5.32 Å². The van der Waals surface area contributed by atoms with E-state index in [0.717, 1.165) is 23.9 Å². The average molecular weight is 306 g/mol. The molecule has 0 aromatic heterocycles. The van der Waals surface area contributed by atoms with E-state index in [1.165, 1.54) is 21.6 Å². The molecule has 2 aromatic rings. The number of hydrogen-bond donors (Lipinski definition) is 1. The lowest BCUT2D eigenvalue weighted by Gasteiger charge is -2.09. The molecule has 0 aliphatic heterocycles. The molecule has 0 saturated carbocycles. The van der Waals surface area contributed by atoms with E-state index >= 15 is 0 Å². The van der Waals surface area contributed by atoms with Gasteiger partial charge in [0.15, 0.2) is 0 Å². The Balaban J connectivity index is 1.97. The molecule has 0 amide bonds. The summed E-state index contributed by atoms with van der Waals surface area (Å²) in [6.45, 7) is 6.26. The zero-order valence-electron chi connectivity index (χ0n) is 11.9. The summed E-state index contributed by atoms with van der Waals surface area (Å²) in [5.41, 5.74) is 4.00. The molecule has 2 rings (SSSR count). The first-order chi connectivity index (χ1) is 9.69. The highest BCUT2D eigenvalue weighted by Crippen LogP contribution is 2.27. The molecule has 1 N–H and O–H groups in total. The molecular formula is C17H20ClNS. The molecule has 0 radical (unpaired) electrons. The normalized spacial score (nSPS) is 10.8. The van der Waals surface area contributed by atoms with E-state index in [-0.39, 0.29) is 0 Å². The molecule has 0 saturated heterocycles. The summed E-state index contributed by atoms with van der Waals surface area (Å²) in [5, 5.41) is 4.15. The minimum Gasteiger partial charge on any atom is -0.313 e. The fourth-order valence-electron chi connectivity index (χ4n) is 1.99. The van der Waals surface area contributed by atoms with Crippen LogP contribution in [0.1, 0.15) is 23.6 Å². The van der Waals surface area contributed by atoms with Gasteiger partial charge >= 0.3 is 0 Å². The molecule has 0 atom stereocenters. The summed E-state index contributed by atoms with van der Waals surface area (Å²) in [4.78, 5) is 1.35. The van der Waals surface area contributed by atoms with Gasteiger partial charge in [-0.2, -0.15) is 0 Å². The molecule has 3 heteroatoms. The fourth-order valence-corrected chi connectivity index (χ4v) is 3.09. The van der Waals surface area contributed by atoms with Crippen molar-refractivity contribution in [2.75, 3.05) is 6.54 Å². The molecule has 0 spiro atoms. The third-order valence-electron chi connectivity index (χ3n) is 3.13. The Morgan fingerprint density at radius 1 is 1.05 bits per heavy atom. The van der Waals surface area contributed by atoms with Crippen LogP contribution in [0.25, 0.3) is 0 Å². The maximum atomic E-state index is 5.90. The number of rotatable bonds is 6. The summed E-state index contributed by atoms with van der Waals surface area (Å²) in [7, 11) is 0. The maximum absolute atomic E-state index is 5.90. The smallest absolute Gasteiger partial charge is 0.0406 e. The van der Waals surface area contributed by atoms with E-state index in [4.69, 9.17) is 11.6 Å². The van der Waals surface area contributed by atoms with Crippen molar-refractivity contribution in [1.29, 1.82) is 0 Å². The first kappa shape index (κ1) is 15.4. The number of nitrogens with one attached hydrogen (secondary N) is 1. The molecule has 0 unspecified atom stereocenters. The molecular weight excluding hydrogens is 286 g/mol. The van der Waals surface area contributed by atoms with Crippen molar-refractivity contribution < 1.29 is 0 Å². The number of hydrogen-bond acceptors (Lipinski definition) is 2. The molecule has 0 aliphatic carbocycles. The third kappa shape index (κ3) is 4.55. The van der Waals surface area contributed by atoms with Gasteiger partial charge in [0, 0.05) is 22.2 Å². The van der Waals surface area contributed by atoms with Crippen molar-refractivity contribution >= 4 is 23.4 Å². The Kier molecular flexibility index (Phi) is 5.96.